The Morgan fingerprint density at radius 3 is 3.00 bits per heavy atom. The zero-order chi connectivity index (χ0) is 10.1. The molecule has 0 bridgehead atoms. The average Bonchev–Trinajstić information content (AvgIpc) is 2.47. The van der Waals surface area contributed by atoms with Crippen LogP contribution in [-0.2, 0) is 6.42 Å². The standard InChI is InChI=1S/C9H11ClN4/c1-6-4-9-12-7(2-3-11)5-8(10)14(9)13-6/h4-5H,2-3,11H2,1H3. The highest BCUT2D eigenvalue weighted by molar-refractivity contribution is 6.29. The normalized spacial score (nSPS) is 11.1. The molecule has 14 heavy (non-hydrogen) atoms. The summed E-state index contributed by atoms with van der Waals surface area (Å²) in [5, 5.41) is 4.78. The molecule has 0 aliphatic rings. The van der Waals surface area contributed by atoms with Crippen LogP contribution in [0.4, 0.5) is 0 Å². The number of halogens is 1. The third kappa shape index (κ3) is 1.58. The van der Waals surface area contributed by atoms with Crippen molar-refractivity contribution in [3.63, 3.8) is 0 Å². The van der Waals surface area contributed by atoms with Crippen molar-refractivity contribution in [2.45, 2.75) is 13.3 Å². The van der Waals surface area contributed by atoms with Gasteiger partial charge in [0.1, 0.15) is 5.15 Å². The molecule has 2 aromatic rings. The van der Waals surface area contributed by atoms with Crippen molar-refractivity contribution in [3.05, 3.63) is 28.7 Å². The zero-order valence-corrected chi connectivity index (χ0v) is 8.62. The fourth-order valence-corrected chi connectivity index (χ4v) is 1.63. The highest BCUT2D eigenvalue weighted by Crippen LogP contribution is 2.13. The van der Waals surface area contributed by atoms with E-state index in [0.717, 1.165) is 23.5 Å². The van der Waals surface area contributed by atoms with Crippen molar-refractivity contribution in [2.75, 3.05) is 6.54 Å². The van der Waals surface area contributed by atoms with Crippen LogP contribution in [0.25, 0.3) is 5.65 Å². The van der Waals surface area contributed by atoms with Crippen LogP contribution >= 0.6 is 11.6 Å². The largest absolute Gasteiger partial charge is 0.330 e. The van der Waals surface area contributed by atoms with E-state index in [-0.39, 0.29) is 0 Å². The molecule has 0 fully saturated rings. The first-order valence-corrected chi connectivity index (χ1v) is 4.80. The lowest BCUT2D eigenvalue weighted by Gasteiger charge is -2.00. The van der Waals surface area contributed by atoms with Gasteiger partial charge < -0.3 is 5.73 Å². The summed E-state index contributed by atoms with van der Waals surface area (Å²) in [6.07, 6.45) is 0.737. The summed E-state index contributed by atoms with van der Waals surface area (Å²) in [6, 6.07) is 3.69. The van der Waals surface area contributed by atoms with E-state index in [1.54, 1.807) is 10.6 Å². The van der Waals surface area contributed by atoms with E-state index in [0.29, 0.717) is 11.7 Å². The topological polar surface area (TPSA) is 56.2 Å². The molecule has 2 rings (SSSR count). The van der Waals surface area contributed by atoms with Gasteiger partial charge in [-0.25, -0.2) is 9.50 Å². The lowest BCUT2D eigenvalue weighted by atomic mass is 10.3. The van der Waals surface area contributed by atoms with Gasteiger partial charge in [0.05, 0.1) is 5.69 Å². The van der Waals surface area contributed by atoms with E-state index in [1.807, 2.05) is 13.0 Å². The van der Waals surface area contributed by atoms with E-state index in [9.17, 15) is 0 Å². The molecule has 2 heterocycles. The number of aromatic nitrogens is 3. The minimum absolute atomic E-state index is 0.576. The molecular formula is C9H11ClN4. The van der Waals surface area contributed by atoms with Gasteiger partial charge in [-0.05, 0) is 19.5 Å². The van der Waals surface area contributed by atoms with Gasteiger partial charge in [-0.2, -0.15) is 5.10 Å². The Balaban J connectivity index is 2.59. The van der Waals surface area contributed by atoms with Crippen molar-refractivity contribution >= 4 is 17.2 Å². The summed E-state index contributed by atoms with van der Waals surface area (Å²) in [4.78, 5) is 4.38. The molecule has 0 saturated carbocycles. The van der Waals surface area contributed by atoms with E-state index in [4.69, 9.17) is 17.3 Å². The molecule has 0 atom stereocenters. The number of aryl methyl sites for hydroxylation is 1. The number of hydrogen-bond donors (Lipinski definition) is 1. The molecule has 5 heteroatoms. The number of rotatable bonds is 2. The second kappa shape index (κ2) is 3.55. The van der Waals surface area contributed by atoms with Crippen LogP contribution in [-0.4, -0.2) is 21.1 Å². The molecule has 0 unspecified atom stereocenters. The van der Waals surface area contributed by atoms with Gasteiger partial charge in [0.25, 0.3) is 0 Å². The summed E-state index contributed by atoms with van der Waals surface area (Å²) in [5.41, 5.74) is 8.04. The second-order valence-electron chi connectivity index (χ2n) is 3.16. The van der Waals surface area contributed by atoms with Crippen LogP contribution in [0.5, 0.6) is 0 Å². The fraction of sp³-hybridized carbons (Fsp3) is 0.333. The molecular weight excluding hydrogens is 200 g/mol. The van der Waals surface area contributed by atoms with Crippen LogP contribution in [0.1, 0.15) is 11.4 Å². The predicted molar refractivity (Wildman–Crippen MR) is 55.5 cm³/mol. The van der Waals surface area contributed by atoms with Gasteiger partial charge in [0, 0.05) is 18.2 Å². The third-order valence-electron chi connectivity index (χ3n) is 1.96. The third-order valence-corrected chi connectivity index (χ3v) is 2.23. The number of nitrogens with two attached hydrogens (primary N) is 1. The summed E-state index contributed by atoms with van der Waals surface area (Å²) >= 11 is 6.03. The Kier molecular flexibility index (Phi) is 2.39. The van der Waals surface area contributed by atoms with Crippen LogP contribution < -0.4 is 5.73 Å². The SMILES string of the molecule is Cc1cc2nc(CCN)cc(Cl)n2n1. The number of fused-ring (bicyclic) bond motifs is 1. The van der Waals surface area contributed by atoms with Gasteiger partial charge in [-0.15, -0.1) is 0 Å². The van der Waals surface area contributed by atoms with Gasteiger partial charge >= 0.3 is 0 Å². The molecule has 2 aromatic heterocycles. The first-order valence-electron chi connectivity index (χ1n) is 4.42. The molecule has 74 valence electrons. The maximum atomic E-state index is 6.03. The predicted octanol–water partition coefficient (Wildman–Crippen LogP) is 1.19. The van der Waals surface area contributed by atoms with Crippen LogP contribution in [0.3, 0.4) is 0 Å². The Labute approximate surface area is 86.7 Å². The van der Waals surface area contributed by atoms with Crippen LogP contribution in [0.2, 0.25) is 5.15 Å². The Bertz CT molecular complexity index is 463. The van der Waals surface area contributed by atoms with E-state index in [2.05, 4.69) is 10.1 Å². The second-order valence-corrected chi connectivity index (χ2v) is 3.55. The molecule has 2 N–H and O–H groups in total. The monoisotopic (exact) mass is 210 g/mol. The number of hydrogen-bond acceptors (Lipinski definition) is 3. The van der Waals surface area contributed by atoms with Gasteiger partial charge in [0.15, 0.2) is 5.65 Å². The minimum atomic E-state index is 0.576. The highest BCUT2D eigenvalue weighted by atomic mass is 35.5. The first kappa shape index (κ1) is 9.43. The summed E-state index contributed by atoms with van der Waals surface area (Å²) in [6.45, 7) is 2.49. The maximum absolute atomic E-state index is 6.03. The van der Waals surface area contributed by atoms with Crippen molar-refractivity contribution in [1.82, 2.24) is 14.6 Å². The van der Waals surface area contributed by atoms with Crippen molar-refractivity contribution < 1.29 is 0 Å². The molecule has 0 amide bonds. The Morgan fingerprint density at radius 2 is 2.29 bits per heavy atom. The molecule has 0 spiro atoms. The maximum Gasteiger partial charge on any atom is 0.157 e. The number of nitrogens with zero attached hydrogens (tertiary/aromatic N) is 3. The van der Waals surface area contributed by atoms with Crippen molar-refractivity contribution in [1.29, 1.82) is 0 Å². The lowest BCUT2D eigenvalue weighted by Crippen LogP contribution is -2.05. The van der Waals surface area contributed by atoms with E-state index < -0.39 is 0 Å². The van der Waals surface area contributed by atoms with Crippen LogP contribution in [0, 0.1) is 6.92 Å². The molecule has 0 radical (unpaired) electrons. The molecule has 0 aliphatic heterocycles. The quantitative estimate of drug-likeness (QED) is 0.758. The van der Waals surface area contributed by atoms with Crippen LogP contribution in [0.15, 0.2) is 12.1 Å². The van der Waals surface area contributed by atoms with Crippen molar-refractivity contribution in [2.24, 2.45) is 5.73 Å². The highest BCUT2D eigenvalue weighted by Gasteiger charge is 2.05. The van der Waals surface area contributed by atoms with E-state index >= 15 is 0 Å². The first-order chi connectivity index (χ1) is 6.70. The van der Waals surface area contributed by atoms with Gasteiger partial charge in [0.2, 0.25) is 0 Å². The average molecular weight is 211 g/mol. The smallest absolute Gasteiger partial charge is 0.157 e. The molecule has 0 saturated heterocycles. The summed E-state index contributed by atoms with van der Waals surface area (Å²) in [5.74, 6) is 0. The van der Waals surface area contributed by atoms with Gasteiger partial charge in [-0.3, -0.25) is 0 Å². The molecule has 0 aliphatic carbocycles. The summed E-state index contributed by atoms with van der Waals surface area (Å²) < 4.78 is 1.62. The van der Waals surface area contributed by atoms with Crippen molar-refractivity contribution in [3.8, 4) is 0 Å². The van der Waals surface area contributed by atoms with Gasteiger partial charge in [-0.1, -0.05) is 11.6 Å². The Morgan fingerprint density at radius 1 is 1.50 bits per heavy atom. The Hall–Kier alpha value is -1.13. The minimum Gasteiger partial charge on any atom is -0.330 e. The zero-order valence-electron chi connectivity index (χ0n) is 7.87. The fourth-order valence-electron chi connectivity index (χ4n) is 1.38. The van der Waals surface area contributed by atoms with E-state index in [1.165, 1.54) is 0 Å². The molecule has 4 nitrogen and oxygen atoms in total. The summed E-state index contributed by atoms with van der Waals surface area (Å²) in [7, 11) is 0. The lowest BCUT2D eigenvalue weighted by molar-refractivity contribution is 0.874. The molecule has 0 aromatic carbocycles.